The Labute approximate surface area is 139 Å². The average molecular weight is 345 g/mol. The first-order chi connectivity index (χ1) is 12.0. The van der Waals surface area contributed by atoms with Crippen molar-refractivity contribution < 1.29 is 4.74 Å². The second kappa shape index (κ2) is 5.41. The monoisotopic (exact) mass is 345 g/mol. The van der Waals surface area contributed by atoms with Gasteiger partial charge in [0.2, 0.25) is 5.95 Å². The van der Waals surface area contributed by atoms with E-state index in [4.69, 9.17) is 16.2 Å². The van der Waals surface area contributed by atoms with Crippen LogP contribution < -0.4 is 33.2 Å². The molecule has 0 aliphatic carbocycles. The summed E-state index contributed by atoms with van der Waals surface area (Å²) in [6.07, 6.45) is 2.33. The molecular weight excluding hydrogens is 330 g/mol. The van der Waals surface area contributed by atoms with Gasteiger partial charge in [-0.3, -0.25) is 23.9 Å². The summed E-state index contributed by atoms with van der Waals surface area (Å²) in [5.41, 5.74) is 10.0. The van der Waals surface area contributed by atoms with E-state index in [1.165, 1.54) is 6.33 Å². The number of anilines is 3. The highest BCUT2D eigenvalue weighted by Gasteiger charge is 2.29. The molecule has 130 valence electrons. The van der Waals surface area contributed by atoms with Gasteiger partial charge in [-0.2, -0.15) is 4.98 Å². The van der Waals surface area contributed by atoms with Gasteiger partial charge in [0.1, 0.15) is 17.6 Å². The number of aromatic amines is 1. The normalized spacial score (nSPS) is 20.5. The van der Waals surface area contributed by atoms with Crippen LogP contribution >= 0.6 is 0 Å². The van der Waals surface area contributed by atoms with E-state index < -0.39 is 16.4 Å². The van der Waals surface area contributed by atoms with Crippen molar-refractivity contribution in [3.8, 4) is 0 Å². The van der Waals surface area contributed by atoms with Gasteiger partial charge in [0.05, 0.1) is 12.4 Å². The Kier molecular flexibility index (Phi) is 3.32. The summed E-state index contributed by atoms with van der Waals surface area (Å²) in [5.74, 6) is 0.00559. The highest BCUT2D eigenvalue weighted by atomic mass is 16.5. The number of nitrogens with zero attached hydrogens (tertiary/aromatic N) is 3. The van der Waals surface area contributed by atoms with Gasteiger partial charge >= 0.3 is 0 Å². The van der Waals surface area contributed by atoms with Crippen LogP contribution in [0.2, 0.25) is 0 Å². The number of rotatable bonds is 4. The molecule has 11 heteroatoms. The SMILES string of the molecule is Nc1nc2c(ncn2[C@H]2CC[C@@H](CNc3c(N)c(=O)c3=O)O2)c(=O)[nH]1. The maximum atomic E-state index is 11.8. The number of ether oxygens (including phenoxy) is 1. The molecule has 3 heterocycles. The lowest BCUT2D eigenvalue weighted by Crippen LogP contribution is -2.38. The molecule has 1 aromatic carbocycles. The van der Waals surface area contributed by atoms with Crippen molar-refractivity contribution in [2.24, 2.45) is 0 Å². The summed E-state index contributed by atoms with van der Waals surface area (Å²) in [7, 11) is 0. The Morgan fingerprint density at radius 1 is 1.28 bits per heavy atom. The third kappa shape index (κ3) is 2.36. The van der Waals surface area contributed by atoms with Crippen LogP contribution in [0.15, 0.2) is 20.7 Å². The zero-order valence-electron chi connectivity index (χ0n) is 13.0. The Hall–Kier alpha value is -3.21. The Morgan fingerprint density at radius 2 is 2.08 bits per heavy atom. The predicted octanol–water partition coefficient (Wildman–Crippen LogP) is -1.33. The molecule has 2 aromatic heterocycles. The second-order valence-electron chi connectivity index (χ2n) is 5.89. The number of H-pyrrole nitrogens is 1. The first-order valence-corrected chi connectivity index (χ1v) is 7.66. The predicted molar refractivity (Wildman–Crippen MR) is 90.0 cm³/mol. The molecule has 1 aliphatic rings. The maximum absolute atomic E-state index is 11.8. The first kappa shape index (κ1) is 15.3. The van der Waals surface area contributed by atoms with Gasteiger partial charge in [-0.25, -0.2) is 4.98 Å². The molecule has 1 aliphatic heterocycles. The number of nitrogens with two attached hydrogens (primary N) is 2. The molecule has 0 bridgehead atoms. The molecule has 0 spiro atoms. The van der Waals surface area contributed by atoms with Gasteiger partial charge in [0, 0.05) is 6.54 Å². The topological polar surface area (TPSA) is 171 Å². The van der Waals surface area contributed by atoms with Crippen LogP contribution in [0.1, 0.15) is 19.1 Å². The maximum Gasteiger partial charge on any atom is 0.280 e. The largest absolute Gasteiger partial charge is 0.394 e. The van der Waals surface area contributed by atoms with Crippen LogP contribution in [0, 0.1) is 0 Å². The highest BCUT2D eigenvalue weighted by Crippen LogP contribution is 2.30. The van der Waals surface area contributed by atoms with Crippen molar-refractivity contribution in [2.75, 3.05) is 23.3 Å². The quantitative estimate of drug-likeness (QED) is 0.418. The Bertz CT molecular complexity index is 1090. The summed E-state index contributed by atoms with van der Waals surface area (Å²) in [5, 5.41) is 2.86. The molecule has 11 nitrogen and oxygen atoms in total. The highest BCUT2D eigenvalue weighted by molar-refractivity contribution is 5.71. The van der Waals surface area contributed by atoms with Gasteiger partial charge in [0.25, 0.3) is 16.4 Å². The van der Waals surface area contributed by atoms with Crippen molar-refractivity contribution in [3.63, 3.8) is 0 Å². The third-order valence-electron chi connectivity index (χ3n) is 4.30. The molecule has 1 saturated heterocycles. The standard InChI is InChI=1S/C14H15N7O4/c15-7-8(11(23)10(7)22)17-3-5-1-2-6(25-5)21-4-18-9-12(21)19-14(16)20-13(9)24/h4-6,17H,1-3,15H2,(H3,16,19,20,24)/t5-,6+/m0/s1. The summed E-state index contributed by atoms with van der Waals surface area (Å²) in [6.45, 7) is 0.342. The van der Waals surface area contributed by atoms with Crippen LogP contribution in [0.25, 0.3) is 11.2 Å². The fraction of sp³-hybridized carbons (Fsp3) is 0.357. The summed E-state index contributed by atoms with van der Waals surface area (Å²) in [4.78, 5) is 44.9. The fourth-order valence-electron chi connectivity index (χ4n) is 3.00. The third-order valence-corrected chi connectivity index (χ3v) is 4.30. The number of aromatic nitrogens is 4. The minimum absolute atomic E-state index is 0.00559. The van der Waals surface area contributed by atoms with Crippen molar-refractivity contribution in [1.29, 1.82) is 0 Å². The van der Waals surface area contributed by atoms with Crippen LogP contribution in [0.3, 0.4) is 0 Å². The van der Waals surface area contributed by atoms with Gasteiger partial charge in [-0.05, 0) is 12.8 Å². The molecule has 3 aromatic rings. The molecule has 2 atom stereocenters. The molecule has 1 fully saturated rings. The van der Waals surface area contributed by atoms with Crippen molar-refractivity contribution in [1.82, 2.24) is 19.5 Å². The lowest BCUT2D eigenvalue weighted by molar-refractivity contribution is 0.0105. The second-order valence-corrected chi connectivity index (χ2v) is 5.89. The molecular formula is C14H15N7O4. The summed E-state index contributed by atoms with van der Waals surface area (Å²) >= 11 is 0. The molecule has 0 amide bonds. The minimum atomic E-state index is -0.661. The Balaban J connectivity index is 1.49. The molecule has 6 N–H and O–H groups in total. The fourth-order valence-corrected chi connectivity index (χ4v) is 3.00. The average Bonchev–Trinajstić information content (AvgIpc) is 3.21. The smallest absolute Gasteiger partial charge is 0.280 e. The lowest BCUT2D eigenvalue weighted by Gasteiger charge is -2.17. The van der Waals surface area contributed by atoms with E-state index in [0.717, 1.165) is 0 Å². The minimum Gasteiger partial charge on any atom is -0.394 e. The van der Waals surface area contributed by atoms with E-state index in [1.807, 2.05) is 0 Å². The molecule has 25 heavy (non-hydrogen) atoms. The van der Waals surface area contributed by atoms with Crippen molar-refractivity contribution >= 4 is 28.5 Å². The van der Waals surface area contributed by atoms with Gasteiger partial charge in [-0.15, -0.1) is 0 Å². The van der Waals surface area contributed by atoms with Crippen molar-refractivity contribution in [3.05, 3.63) is 37.1 Å². The Morgan fingerprint density at radius 3 is 2.84 bits per heavy atom. The number of imidazole rings is 1. The summed E-state index contributed by atoms with van der Waals surface area (Å²) < 4.78 is 7.58. The van der Waals surface area contributed by atoms with E-state index in [0.29, 0.717) is 25.0 Å². The van der Waals surface area contributed by atoms with Crippen LogP contribution in [-0.4, -0.2) is 32.2 Å². The molecule has 0 saturated carbocycles. The van der Waals surface area contributed by atoms with Crippen LogP contribution in [0.5, 0.6) is 0 Å². The number of hydrogen-bond acceptors (Lipinski definition) is 9. The zero-order chi connectivity index (χ0) is 17.7. The number of fused-ring (bicyclic) bond motifs is 1. The molecule has 0 unspecified atom stereocenters. The van der Waals surface area contributed by atoms with Crippen LogP contribution in [-0.2, 0) is 4.74 Å². The van der Waals surface area contributed by atoms with E-state index in [2.05, 4.69) is 20.3 Å². The van der Waals surface area contributed by atoms with E-state index in [1.54, 1.807) is 4.57 Å². The molecule has 0 radical (unpaired) electrons. The lowest BCUT2D eigenvalue weighted by atomic mass is 10.2. The van der Waals surface area contributed by atoms with Gasteiger partial charge in [-0.1, -0.05) is 0 Å². The first-order valence-electron chi connectivity index (χ1n) is 7.66. The van der Waals surface area contributed by atoms with Gasteiger partial charge in [0.15, 0.2) is 11.2 Å². The van der Waals surface area contributed by atoms with Crippen molar-refractivity contribution in [2.45, 2.75) is 25.2 Å². The number of hydrogen-bond donors (Lipinski definition) is 4. The molecule has 4 rings (SSSR count). The van der Waals surface area contributed by atoms with E-state index >= 15 is 0 Å². The van der Waals surface area contributed by atoms with Crippen LogP contribution in [0.4, 0.5) is 17.3 Å². The van der Waals surface area contributed by atoms with E-state index in [-0.39, 0.29) is 35.2 Å². The van der Waals surface area contributed by atoms with E-state index in [9.17, 15) is 14.4 Å². The number of nitrogen functional groups attached to an aromatic ring is 2. The number of nitrogens with one attached hydrogen (secondary N) is 2. The zero-order valence-corrected chi connectivity index (χ0v) is 13.0. The summed E-state index contributed by atoms with van der Waals surface area (Å²) in [6, 6.07) is 0. The van der Waals surface area contributed by atoms with Gasteiger partial charge < -0.3 is 21.5 Å².